The molecule has 126 valence electrons. The molecule has 1 atom stereocenters. The van der Waals surface area contributed by atoms with Crippen molar-refractivity contribution in [2.45, 2.75) is 64.6 Å². The lowest BCUT2D eigenvalue weighted by Crippen LogP contribution is -2.28. The first-order valence-corrected chi connectivity index (χ1v) is 9.19. The van der Waals surface area contributed by atoms with Crippen molar-refractivity contribution in [2.75, 3.05) is 6.61 Å². The monoisotopic (exact) mass is 314 g/mol. The lowest BCUT2D eigenvalue weighted by atomic mass is 9.85. The standard InChI is InChI=1S/C20H30N2O/c1-16(14-17-6-3-2-4-7-17)21-15-19-9-5-8-18-10-11-22(12-13-23)20(18)19/h5,8-11,16-17,21,23H,2-4,6-7,12-15H2,1H3. The zero-order chi connectivity index (χ0) is 16.1. The van der Waals surface area contributed by atoms with Gasteiger partial charge in [-0.15, -0.1) is 0 Å². The summed E-state index contributed by atoms with van der Waals surface area (Å²) in [4.78, 5) is 0. The summed E-state index contributed by atoms with van der Waals surface area (Å²) in [5.41, 5.74) is 2.59. The van der Waals surface area contributed by atoms with Gasteiger partial charge in [-0.25, -0.2) is 0 Å². The first-order valence-electron chi connectivity index (χ1n) is 9.19. The van der Waals surface area contributed by atoms with E-state index in [1.165, 1.54) is 55.0 Å². The molecule has 3 heteroatoms. The van der Waals surface area contributed by atoms with Crippen molar-refractivity contribution in [3.63, 3.8) is 0 Å². The number of nitrogens with one attached hydrogen (secondary N) is 1. The molecule has 1 aromatic carbocycles. The first-order chi connectivity index (χ1) is 11.3. The summed E-state index contributed by atoms with van der Waals surface area (Å²) in [7, 11) is 0. The van der Waals surface area contributed by atoms with E-state index < -0.39 is 0 Å². The molecule has 1 aliphatic rings. The first kappa shape index (κ1) is 16.5. The van der Waals surface area contributed by atoms with E-state index >= 15 is 0 Å². The van der Waals surface area contributed by atoms with Crippen LogP contribution in [0, 0.1) is 5.92 Å². The normalized spacial score (nSPS) is 17.7. The van der Waals surface area contributed by atoms with Crippen molar-refractivity contribution < 1.29 is 5.11 Å². The zero-order valence-corrected chi connectivity index (χ0v) is 14.3. The van der Waals surface area contributed by atoms with Gasteiger partial charge < -0.3 is 15.0 Å². The minimum Gasteiger partial charge on any atom is -0.395 e. The number of hydrogen-bond donors (Lipinski definition) is 2. The van der Waals surface area contributed by atoms with Crippen LogP contribution in [0.4, 0.5) is 0 Å². The maximum Gasteiger partial charge on any atom is 0.0610 e. The summed E-state index contributed by atoms with van der Waals surface area (Å²) in [5.74, 6) is 0.917. The van der Waals surface area contributed by atoms with Crippen molar-refractivity contribution in [1.29, 1.82) is 0 Å². The Morgan fingerprint density at radius 2 is 2.04 bits per heavy atom. The fourth-order valence-corrected chi connectivity index (χ4v) is 4.07. The Balaban J connectivity index is 1.63. The maximum absolute atomic E-state index is 9.25. The van der Waals surface area contributed by atoms with Crippen LogP contribution in [-0.4, -0.2) is 22.3 Å². The second-order valence-electron chi connectivity index (χ2n) is 7.11. The molecule has 2 aromatic rings. The molecular formula is C20H30N2O. The van der Waals surface area contributed by atoms with E-state index in [1.54, 1.807) is 0 Å². The molecule has 1 unspecified atom stereocenters. The van der Waals surface area contributed by atoms with Crippen LogP contribution in [0.1, 0.15) is 51.0 Å². The lowest BCUT2D eigenvalue weighted by Gasteiger charge is -2.25. The molecule has 0 bridgehead atoms. The van der Waals surface area contributed by atoms with Crippen molar-refractivity contribution in [2.24, 2.45) is 5.92 Å². The predicted molar refractivity (Wildman–Crippen MR) is 96.5 cm³/mol. The molecule has 1 heterocycles. The Morgan fingerprint density at radius 1 is 1.22 bits per heavy atom. The van der Waals surface area contributed by atoms with Gasteiger partial charge >= 0.3 is 0 Å². The second kappa shape index (κ2) is 7.98. The van der Waals surface area contributed by atoms with E-state index in [2.05, 4.69) is 47.3 Å². The molecular weight excluding hydrogens is 284 g/mol. The van der Waals surface area contributed by atoms with Crippen LogP contribution in [0.5, 0.6) is 0 Å². The fourth-order valence-electron chi connectivity index (χ4n) is 4.07. The van der Waals surface area contributed by atoms with Gasteiger partial charge in [0.15, 0.2) is 0 Å². The lowest BCUT2D eigenvalue weighted by molar-refractivity contribution is 0.278. The molecule has 1 aromatic heterocycles. The van der Waals surface area contributed by atoms with Crippen LogP contribution in [0.25, 0.3) is 10.9 Å². The average molecular weight is 314 g/mol. The van der Waals surface area contributed by atoms with Gasteiger partial charge in [0.1, 0.15) is 0 Å². The minimum atomic E-state index is 0.184. The van der Waals surface area contributed by atoms with Crippen LogP contribution >= 0.6 is 0 Å². The van der Waals surface area contributed by atoms with Gasteiger partial charge in [0, 0.05) is 25.3 Å². The van der Waals surface area contributed by atoms with Crippen molar-refractivity contribution in [1.82, 2.24) is 9.88 Å². The number of rotatable bonds is 7. The van der Waals surface area contributed by atoms with Crippen molar-refractivity contribution in [3.8, 4) is 0 Å². The summed E-state index contributed by atoms with van der Waals surface area (Å²) in [6, 6.07) is 9.19. The average Bonchev–Trinajstić information content (AvgIpc) is 2.98. The number of aromatic nitrogens is 1. The Kier molecular flexibility index (Phi) is 5.74. The van der Waals surface area contributed by atoms with Gasteiger partial charge in [-0.2, -0.15) is 0 Å². The number of para-hydroxylation sites is 1. The number of fused-ring (bicyclic) bond motifs is 1. The summed E-state index contributed by atoms with van der Waals surface area (Å²) in [6.45, 7) is 4.07. The van der Waals surface area contributed by atoms with E-state index in [0.29, 0.717) is 12.6 Å². The number of nitrogens with zero attached hydrogens (tertiary/aromatic N) is 1. The van der Waals surface area contributed by atoms with E-state index in [4.69, 9.17) is 0 Å². The van der Waals surface area contributed by atoms with Crippen LogP contribution < -0.4 is 5.32 Å². The van der Waals surface area contributed by atoms with E-state index in [1.807, 2.05) is 0 Å². The summed E-state index contributed by atoms with van der Waals surface area (Å²) >= 11 is 0. The zero-order valence-electron chi connectivity index (χ0n) is 14.3. The van der Waals surface area contributed by atoms with Crippen LogP contribution in [0.2, 0.25) is 0 Å². The predicted octanol–water partition coefficient (Wildman–Crippen LogP) is 4.08. The number of aliphatic hydroxyl groups is 1. The molecule has 0 amide bonds. The topological polar surface area (TPSA) is 37.2 Å². The highest BCUT2D eigenvalue weighted by atomic mass is 16.3. The third kappa shape index (κ3) is 4.15. The highest BCUT2D eigenvalue weighted by Gasteiger charge is 2.16. The molecule has 1 aliphatic carbocycles. The molecule has 0 saturated heterocycles. The molecule has 0 radical (unpaired) electrons. The van der Waals surface area contributed by atoms with E-state index in [0.717, 1.165) is 12.5 Å². The second-order valence-corrected chi connectivity index (χ2v) is 7.11. The number of aliphatic hydroxyl groups excluding tert-OH is 1. The molecule has 1 fully saturated rings. The minimum absolute atomic E-state index is 0.184. The van der Waals surface area contributed by atoms with Crippen molar-refractivity contribution >= 4 is 10.9 Å². The fraction of sp³-hybridized carbons (Fsp3) is 0.600. The quantitative estimate of drug-likeness (QED) is 0.808. The molecule has 3 rings (SSSR count). The van der Waals surface area contributed by atoms with E-state index in [9.17, 15) is 5.11 Å². The van der Waals surface area contributed by atoms with Gasteiger partial charge in [0.2, 0.25) is 0 Å². The van der Waals surface area contributed by atoms with Crippen molar-refractivity contribution in [3.05, 3.63) is 36.0 Å². The van der Waals surface area contributed by atoms with Crippen LogP contribution in [0.3, 0.4) is 0 Å². The molecule has 0 aliphatic heterocycles. The Bertz CT molecular complexity index is 613. The molecule has 3 nitrogen and oxygen atoms in total. The van der Waals surface area contributed by atoms with Gasteiger partial charge in [-0.3, -0.25) is 0 Å². The smallest absolute Gasteiger partial charge is 0.0610 e. The SMILES string of the molecule is CC(CC1CCCCC1)NCc1cccc2ccn(CCO)c12. The van der Waals surface area contributed by atoms with Gasteiger partial charge in [-0.1, -0.05) is 50.3 Å². The highest BCUT2D eigenvalue weighted by molar-refractivity contribution is 5.83. The third-order valence-corrected chi connectivity index (χ3v) is 5.27. The summed E-state index contributed by atoms with van der Waals surface area (Å²) in [5, 5.41) is 14.2. The Labute approximate surface area is 139 Å². The summed E-state index contributed by atoms with van der Waals surface area (Å²) in [6.07, 6.45) is 10.5. The van der Waals surface area contributed by atoms with Gasteiger partial charge in [0.25, 0.3) is 0 Å². The highest BCUT2D eigenvalue weighted by Crippen LogP contribution is 2.27. The van der Waals surface area contributed by atoms with Gasteiger partial charge in [0.05, 0.1) is 12.1 Å². The molecule has 1 saturated carbocycles. The summed E-state index contributed by atoms with van der Waals surface area (Å²) < 4.78 is 2.16. The maximum atomic E-state index is 9.25. The Morgan fingerprint density at radius 3 is 2.83 bits per heavy atom. The largest absolute Gasteiger partial charge is 0.395 e. The van der Waals surface area contributed by atoms with E-state index in [-0.39, 0.29) is 6.61 Å². The third-order valence-electron chi connectivity index (χ3n) is 5.27. The van der Waals surface area contributed by atoms with Gasteiger partial charge in [-0.05, 0) is 36.3 Å². The number of benzene rings is 1. The molecule has 0 spiro atoms. The Hall–Kier alpha value is -1.32. The van der Waals surface area contributed by atoms with Crippen LogP contribution in [0.15, 0.2) is 30.5 Å². The molecule has 2 N–H and O–H groups in total. The number of hydrogen-bond acceptors (Lipinski definition) is 2. The van der Waals surface area contributed by atoms with Crippen LogP contribution in [-0.2, 0) is 13.1 Å². The molecule has 23 heavy (non-hydrogen) atoms.